The van der Waals surface area contributed by atoms with Crippen LogP contribution in [0.2, 0.25) is 0 Å². The molecule has 8 heteroatoms. The van der Waals surface area contributed by atoms with Crippen LogP contribution in [0, 0.1) is 12.8 Å². The minimum atomic E-state index is -3.87. The Labute approximate surface area is 200 Å². The number of carbonyl (C=O) groups is 1. The predicted octanol–water partition coefficient (Wildman–Crippen LogP) is 4.03. The third-order valence-corrected chi connectivity index (χ3v) is 6.55. The van der Waals surface area contributed by atoms with E-state index in [1.54, 1.807) is 26.0 Å². The van der Waals surface area contributed by atoms with Crippen LogP contribution in [-0.4, -0.2) is 26.6 Å². The first-order valence-electron chi connectivity index (χ1n) is 10.9. The van der Waals surface area contributed by atoms with Crippen molar-refractivity contribution in [1.82, 2.24) is 10.1 Å². The number of para-hydroxylation sites is 1. The summed E-state index contributed by atoms with van der Waals surface area (Å²) in [4.78, 5) is 12.9. The Hall–Kier alpha value is -3.49. The molecule has 0 unspecified atom stereocenters. The number of aryl methyl sites for hydroxylation is 1. The summed E-state index contributed by atoms with van der Waals surface area (Å²) < 4.78 is 33.9. The SMILES string of the molecule is Cc1ccc(S(=O)(=O)N[C@H](C(=O)N/N=C\c2ccccc2OCc2ccccc2)C(C)C)cc1. The number of nitrogens with zero attached hydrogens (tertiary/aromatic N) is 1. The fraction of sp³-hybridized carbons (Fsp3) is 0.231. The summed E-state index contributed by atoms with van der Waals surface area (Å²) in [6, 6.07) is 22.5. The second-order valence-corrected chi connectivity index (χ2v) is 9.92. The number of ether oxygens (including phenoxy) is 1. The standard InChI is InChI=1S/C26H29N3O4S/c1-19(2)25(29-34(31,32)23-15-13-20(3)14-16-23)26(30)28-27-17-22-11-7-8-12-24(22)33-18-21-9-5-4-6-10-21/h4-17,19,25,29H,18H2,1-3H3,(H,28,30)/b27-17-/t25-/m0/s1. The summed E-state index contributed by atoms with van der Waals surface area (Å²) in [5.74, 6) is -0.230. The summed E-state index contributed by atoms with van der Waals surface area (Å²) in [5, 5.41) is 4.04. The molecule has 0 spiro atoms. The van der Waals surface area contributed by atoms with Crippen LogP contribution in [0.3, 0.4) is 0 Å². The first-order valence-corrected chi connectivity index (χ1v) is 12.4. The molecule has 0 heterocycles. The van der Waals surface area contributed by atoms with Gasteiger partial charge in [-0.1, -0.05) is 74.0 Å². The topological polar surface area (TPSA) is 96.9 Å². The molecule has 0 aliphatic carbocycles. The van der Waals surface area contributed by atoms with E-state index in [0.717, 1.165) is 11.1 Å². The van der Waals surface area contributed by atoms with Crippen LogP contribution >= 0.6 is 0 Å². The van der Waals surface area contributed by atoms with Crippen LogP contribution in [0.1, 0.15) is 30.5 Å². The Bertz CT molecular complexity index is 1220. The molecule has 1 atom stereocenters. The smallest absolute Gasteiger partial charge is 0.258 e. The minimum Gasteiger partial charge on any atom is -0.488 e. The van der Waals surface area contributed by atoms with Crippen LogP contribution in [-0.2, 0) is 21.4 Å². The number of benzene rings is 3. The molecule has 2 N–H and O–H groups in total. The number of rotatable bonds is 10. The van der Waals surface area contributed by atoms with Crippen molar-refractivity contribution in [2.75, 3.05) is 0 Å². The monoisotopic (exact) mass is 479 g/mol. The summed E-state index contributed by atoms with van der Waals surface area (Å²) in [7, 11) is -3.87. The molecule has 0 bridgehead atoms. The van der Waals surface area contributed by atoms with Gasteiger partial charge >= 0.3 is 0 Å². The van der Waals surface area contributed by atoms with Gasteiger partial charge in [0.1, 0.15) is 18.4 Å². The van der Waals surface area contributed by atoms with Crippen molar-refractivity contribution < 1.29 is 17.9 Å². The Balaban J connectivity index is 1.66. The second-order valence-electron chi connectivity index (χ2n) is 8.20. The number of hydrogen-bond acceptors (Lipinski definition) is 5. The van der Waals surface area contributed by atoms with Crippen LogP contribution < -0.4 is 14.9 Å². The summed E-state index contributed by atoms with van der Waals surface area (Å²) in [6.07, 6.45) is 1.48. The number of nitrogens with one attached hydrogen (secondary N) is 2. The van der Waals surface area contributed by atoms with Crippen molar-refractivity contribution in [3.8, 4) is 5.75 Å². The zero-order valence-electron chi connectivity index (χ0n) is 19.4. The lowest BCUT2D eigenvalue weighted by atomic mass is 10.1. The molecule has 0 fully saturated rings. The van der Waals surface area contributed by atoms with Gasteiger partial charge in [0.05, 0.1) is 11.1 Å². The van der Waals surface area contributed by atoms with Crippen molar-refractivity contribution in [1.29, 1.82) is 0 Å². The summed E-state index contributed by atoms with van der Waals surface area (Å²) in [5.41, 5.74) is 5.10. The maximum atomic E-state index is 12.8. The Kier molecular flexibility index (Phi) is 8.56. The fourth-order valence-electron chi connectivity index (χ4n) is 3.13. The molecule has 34 heavy (non-hydrogen) atoms. The van der Waals surface area contributed by atoms with Crippen molar-refractivity contribution in [2.45, 2.75) is 38.3 Å². The molecule has 7 nitrogen and oxygen atoms in total. The van der Waals surface area contributed by atoms with E-state index >= 15 is 0 Å². The molecule has 0 aliphatic heterocycles. The van der Waals surface area contributed by atoms with Gasteiger partial charge in [0.2, 0.25) is 10.0 Å². The third-order valence-electron chi connectivity index (χ3n) is 5.10. The van der Waals surface area contributed by atoms with Crippen molar-refractivity contribution in [3.63, 3.8) is 0 Å². The highest BCUT2D eigenvalue weighted by Gasteiger charge is 2.28. The van der Waals surface area contributed by atoms with Crippen molar-refractivity contribution >= 4 is 22.1 Å². The zero-order valence-corrected chi connectivity index (χ0v) is 20.2. The Morgan fingerprint density at radius 1 is 0.971 bits per heavy atom. The van der Waals surface area contributed by atoms with E-state index in [-0.39, 0.29) is 10.8 Å². The quantitative estimate of drug-likeness (QED) is 0.339. The van der Waals surface area contributed by atoms with Gasteiger partial charge in [-0.3, -0.25) is 4.79 Å². The van der Waals surface area contributed by atoms with Crippen LogP contribution in [0.25, 0.3) is 0 Å². The number of amides is 1. The van der Waals surface area contributed by atoms with Gasteiger partial charge in [-0.2, -0.15) is 9.82 Å². The van der Waals surface area contributed by atoms with Crippen LogP contribution in [0.5, 0.6) is 5.75 Å². The second kappa shape index (κ2) is 11.6. The molecule has 3 rings (SSSR count). The molecular weight excluding hydrogens is 450 g/mol. The van der Waals surface area contributed by atoms with Gasteiger partial charge in [-0.15, -0.1) is 0 Å². The maximum Gasteiger partial charge on any atom is 0.258 e. The maximum absolute atomic E-state index is 12.8. The first-order chi connectivity index (χ1) is 16.3. The van der Waals surface area contributed by atoms with E-state index in [4.69, 9.17) is 4.74 Å². The predicted molar refractivity (Wildman–Crippen MR) is 133 cm³/mol. The number of carbonyl (C=O) groups excluding carboxylic acids is 1. The highest BCUT2D eigenvalue weighted by atomic mass is 32.2. The molecule has 0 aliphatic rings. The highest BCUT2D eigenvalue weighted by molar-refractivity contribution is 7.89. The molecule has 3 aromatic rings. The zero-order chi connectivity index (χ0) is 24.6. The molecule has 3 aromatic carbocycles. The van der Waals surface area contributed by atoms with Crippen LogP contribution in [0.4, 0.5) is 0 Å². The molecular formula is C26H29N3O4S. The molecule has 1 amide bonds. The number of sulfonamides is 1. The lowest BCUT2D eigenvalue weighted by molar-refractivity contribution is -0.123. The largest absolute Gasteiger partial charge is 0.488 e. The van der Waals surface area contributed by atoms with E-state index in [1.807, 2.05) is 61.5 Å². The average molecular weight is 480 g/mol. The molecule has 178 valence electrons. The fourth-order valence-corrected chi connectivity index (χ4v) is 4.48. The van der Waals surface area contributed by atoms with Crippen LogP contribution in [0.15, 0.2) is 88.9 Å². The molecule has 0 radical (unpaired) electrons. The van der Waals surface area contributed by atoms with Gasteiger partial charge in [0, 0.05) is 5.56 Å². The van der Waals surface area contributed by atoms with Gasteiger partial charge in [-0.05, 0) is 42.7 Å². The lowest BCUT2D eigenvalue weighted by Gasteiger charge is -2.20. The van der Waals surface area contributed by atoms with Crippen molar-refractivity contribution in [3.05, 3.63) is 95.6 Å². The summed E-state index contributed by atoms with van der Waals surface area (Å²) in [6.45, 7) is 5.79. The van der Waals surface area contributed by atoms with E-state index in [0.29, 0.717) is 17.9 Å². The van der Waals surface area contributed by atoms with E-state index < -0.39 is 22.0 Å². The molecule has 0 saturated carbocycles. The summed E-state index contributed by atoms with van der Waals surface area (Å²) >= 11 is 0. The van der Waals surface area contributed by atoms with E-state index in [9.17, 15) is 13.2 Å². The van der Waals surface area contributed by atoms with Crippen molar-refractivity contribution in [2.24, 2.45) is 11.0 Å². The van der Waals surface area contributed by atoms with Gasteiger partial charge in [-0.25, -0.2) is 13.8 Å². The highest BCUT2D eigenvalue weighted by Crippen LogP contribution is 2.18. The normalized spacial score (nSPS) is 12.6. The average Bonchev–Trinajstić information content (AvgIpc) is 2.82. The Morgan fingerprint density at radius 2 is 1.62 bits per heavy atom. The first kappa shape index (κ1) is 25.1. The number of hydrogen-bond donors (Lipinski definition) is 2. The number of hydrazone groups is 1. The van der Waals surface area contributed by atoms with Gasteiger partial charge in [0.25, 0.3) is 5.91 Å². The van der Waals surface area contributed by atoms with Gasteiger partial charge in [0.15, 0.2) is 0 Å². The third kappa shape index (κ3) is 7.00. The lowest BCUT2D eigenvalue weighted by Crippen LogP contribution is -2.48. The van der Waals surface area contributed by atoms with E-state index in [1.165, 1.54) is 18.3 Å². The molecule has 0 aromatic heterocycles. The molecule has 0 saturated heterocycles. The Morgan fingerprint density at radius 3 is 2.29 bits per heavy atom. The van der Waals surface area contributed by atoms with Gasteiger partial charge < -0.3 is 4.74 Å². The minimum absolute atomic E-state index is 0.101. The van der Waals surface area contributed by atoms with E-state index in [2.05, 4.69) is 15.2 Å².